The number of benzene rings is 1. The number of allylic oxidation sites excluding steroid dienone is 1. The van der Waals surface area contributed by atoms with Crippen LogP contribution in [0.3, 0.4) is 0 Å². The zero-order chi connectivity index (χ0) is 13.4. The van der Waals surface area contributed by atoms with Crippen LogP contribution >= 0.6 is 0 Å². The number of hydrogen-bond donors (Lipinski definition) is 1. The minimum atomic E-state index is 0.265. The van der Waals surface area contributed by atoms with Crippen LogP contribution in [0.15, 0.2) is 30.4 Å². The van der Waals surface area contributed by atoms with Crippen LogP contribution in [-0.2, 0) is 0 Å². The van der Waals surface area contributed by atoms with Gasteiger partial charge >= 0.3 is 0 Å². The molecule has 1 rings (SSSR count). The topological polar surface area (TPSA) is 30.5 Å². The van der Waals surface area contributed by atoms with Gasteiger partial charge in [-0.3, -0.25) is 0 Å². The van der Waals surface area contributed by atoms with E-state index < -0.39 is 0 Å². The van der Waals surface area contributed by atoms with E-state index in [-0.39, 0.29) is 6.04 Å². The molecule has 18 heavy (non-hydrogen) atoms. The van der Waals surface area contributed by atoms with Crippen LogP contribution in [0.4, 0.5) is 0 Å². The predicted molar refractivity (Wildman–Crippen MR) is 75.4 cm³/mol. The zero-order valence-corrected chi connectivity index (χ0v) is 11.7. The van der Waals surface area contributed by atoms with E-state index in [0.29, 0.717) is 6.61 Å². The van der Waals surface area contributed by atoms with Crippen LogP contribution in [-0.4, -0.2) is 20.3 Å². The molecule has 0 aliphatic carbocycles. The van der Waals surface area contributed by atoms with Crippen LogP contribution in [0.1, 0.15) is 32.4 Å². The molecule has 100 valence electrons. The lowest BCUT2D eigenvalue weighted by Crippen LogP contribution is -2.18. The Balaban J connectivity index is 2.92. The molecular weight excluding hydrogens is 226 g/mol. The van der Waals surface area contributed by atoms with E-state index >= 15 is 0 Å². The summed E-state index contributed by atoms with van der Waals surface area (Å²) in [6.07, 6.45) is 3.97. The zero-order valence-electron chi connectivity index (χ0n) is 11.7. The van der Waals surface area contributed by atoms with E-state index in [9.17, 15) is 0 Å². The molecule has 0 aromatic heterocycles. The average molecular weight is 249 g/mol. The van der Waals surface area contributed by atoms with Gasteiger partial charge in [-0.05, 0) is 26.5 Å². The molecule has 0 spiro atoms. The van der Waals surface area contributed by atoms with Gasteiger partial charge in [0.15, 0.2) is 0 Å². The van der Waals surface area contributed by atoms with Gasteiger partial charge in [0.25, 0.3) is 0 Å². The first kappa shape index (κ1) is 14.6. The van der Waals surface area contributed by atoms with Crippen molar-refractivity contribution in [2.45, 2.75) is 26.8 Å². The highest BCUT2D eigenvalue weighted by molar-refractivity contribution is 5.42. The molecular formula is C15H23NO2. The molecule has 0 fully saturated rings. The summed E-state index contributed by atoms with van der Waals surface area (Å²) in [6.45, 7) is 7.72. The van der Waals surface area contributed by atoms with Crippen LogP contribution in [0.25, 0.3) is 0 Å². The molecule has 0 aliphatic heterocycles. The van der Waals surface area contributed by atoms with Crippen molar-refractivity contribution in [3.8, 4) is 11.5 Å². The Labute approximate surface area is 110 Å². The van der Waals surface area contributed by atoms with Gasteiger partial charge in [-0.25, -0.2) is 0 Å². The van der Waals surface area contributed by atoms with Gasteiger partial charge in [-0.15, -0.1) is 0 Å². The van der Waals surface area contributed by atoms with Crippen LogP contribution in [0.5, 0.6) is 11.5 Å². The molecule has 1 atom stereocenters. The summed E-state index contributed by atoms with van der Waals surface area (Å²) >= 11 is 0. The van der Waals surface area contributed by atoms with E-state index in [0.717, 1.165) is 23.6 Å². The summed E-state index contributed by atoms with van der Waals surface area (Å²) in [5.74, 6) is 1.69. The molecule has 0 saturated carbocycles. The van der Waals surface area contributed by atoms with Crippen molar-refractivity contribution in [1.82, 2.24) is 5.32 Å². The van der Waals surface area contributed by atoms with Gasteiger partial charge in [0, 0.05) is 17.7 Å². The number of nitrogens with one attached hydrogen (secondary N) is 1. The summed E-state index contributed by atoms with van der Waals surface area (Å²) in [5.41, 5.74) is 1.15. The Morgan fingerprint density at radius 1 is 1.39 bits per heavy atom. The average Bonchev–Trinajstić information content (AvgIpc) is 2.39. The second kappa shape index (κ2) is 7.77. The standard InChI is InChI=1S/C15H23NO2/c1-5-7-10-18-15-11-13(17-4)8-9-14(15)12(3)16-6-2/h5,7-9,11-12,16H,6,10H2,1-4H3/b7-5+. The van der Waals surface area contributed by atoms with E-state index in [1.165, 1.54) is 0 Å². The lowest BCUT2D eigenvalue weighted by molar-refractivity contribution is 0.348. The third-order valence-corrected chi connectivity index (χ3v) is 2.77. The Morgan fingerprint density at radius 2 is 2.17 bits per heavy atom. The minimum absolute atomic E-state index is 0.265. The molecule has 1 unspecified atom stereocenters. The highest BCUT2D eigenvalue weighted by Gasteiger charge is 2.11. The predicted octanol–water partition coefficient (Wildman–Crippen LogP) is 3.32. The van der Waals surface area contributed by atoms with E-state index in [1.54, 1.807) is 7.11 Å². The van der Waals surface area contributed by atoms with Gasteiger partial charge in [0.2, 0.25) is 0 Å². The number of hydrogen-bond acceptors (Lipinski definition) is 3. The molecule has 1 aromatic carbocycles. The summed E-state index contributed by atoms with van der Waals surface area (Å²) in [4.78, 5) is 0. The van der Waals surface area contributed by atoms with Gasteiger partial charge in [0.05, 0.1) is 7.11 Å². The van der Waals surface area contributed by atoms with Crippen LogP contribution in [0.2, 0.25) is 0 Å². The fourth-order valence-electron chi connectivity index (χ4n) is 1.77. The molecule has 0 heterocycles. The molecule has 0 radical (unpaired) electrons. The van der Waals surface area contributed by atoms with Gasteiger partial charge < -0.3 is 14.8 Å². The van der Waals surface area contributed by atoms with Gasteiger partial charge in [-0.1, -0.05) is 25.1 Å². The van der Waals surface area contributed by atoms with Gasteiger partial charge in [0.1, 0.15) is 18.1 Å². The second-order valence-electron chi connectivity index (χ2n) is 4.06. The Morgan fingerprint density at radius 3 is 2.78 bits per heavy atom. The van der Waals surface area contributed by atoms with Crippen molar-refractivity contribution in [2.75, 3.05) is 20.3 Å². The Hall–Kier alpha value is -1.48. The van der Waals surface area contributed by atoms with Crippen LogP contribution < -0.4 is 14.8 Å². The quantitative estimate of drug-likeness (QED) is 0.752. The summed E-state index contributed by atoms with van der Waals surface area (Å²) in [6, 6.07) is 6.22. The third-order valence-electron chi connectivity index (χ3n) is 2.77. The summed E-state index contributed by atoms with van der Waals surface area (Å²) < 4.78 is 11.0. The molecule has 0 bridgehead atoms. The number of ether oxygens (including phenoxy) is 2. The fourth-order valence-corrected chi connectivity index (χ4v) is 1.77. The summed E-state index contributed by atoms with van der Waals surface area (Å²) in [7, 11) is 1.67. The maximum absolute atomic E-state index is 5.78. The summed E-state index contributed by atoms with van der Waals surface area (Å²) in [5, 5.41) is 3.39. The second-order valence-corrected chi connectivity index (χ2v) is 4.06. The first-order valence-electron chi connectivity index (χ1n) is 6.38. The molecule has 0 amide bonds. The largest absolute Gasteiger partial charge is 0.497 e. The Bertz CT molecular complexity index is 388. The van der Waals surface area contributed by atoms with Gasteiger partial charge in [-0.2, -0.15) is 0 Å². The van der Waals surface area contributed by atoms with E-state index in [2.05, 4.69) is 25.2 Å². The molecule has 0 saturated heterocycles. The SMILES string of the molecule is C/C=C/COc1cc(OC)ccc1C(C)NCC. The molecule has 3 heteroatoms. The number of rotatable bonds is 7. The maximum Gasteiger partial charge on any atom is 0.128 e. The van der Waals surface area contributed by atoms with Crippen molar-refractivity contribution >= 4 is 0 Å². The highest BCUT2D eigenvalue weighted by atomic mass is 16.5. The normalized spacial score (nSPS) is 12.7. The molecule has 1 aromatic rings. The van der Waals surface area contributed by atoms with Crippen molar-refractivity contribution in [1.29, 1.82) is 0 Å². The monoisotopic (exact) mass is 249 g/mol. The first-order chi connectivity index (χ1) is 8.72. The smallest absolute Gasteiger partial charge is 0.128 e. The third kappa shape index (κ3) is 4.08. The highest BCUT2D eigenvalue weighted by Crippen LogP contribution is 2.29. The fraction of sp³-hybridized carbons (Fsp3) is 0.467. The Kier molecular flexibility index (Phi) is 6.29. The van der Waals surface area contributed by atoms with Crippen molar-refractivity contribution in [3.05, 3.63) is 35.9 Å². The lowest BCUT2D eigenvalue weighted by atomic mass is 10.1. The van der Waals surface area contributed by atoms with Crippen molar-refractivity contribution in [3.63, 3.8) is 0 Å². The van der Waals surface area contributed by atoms with Crippen molar-refractivity contribution < 1.29 is 9.47 Å². The first-order valence-corrected chi connectivity index (χ1v) is 6.38. The molecule has 0 aliphatic rings. The number of methoxy groups -OCH3 is 1. The minimum Gasteiger partial charge on any atom is -0.497 e. The van der Waals surface area contributed by atoms with Crippen molar-refractivity contribution in [2.24, 2.45) is 0 Å². The maximum atomic E-state index is 5.78. The van der Waals surface area contributed by atoms with E-state index in [1.807, 2.05) is 31.2 Å². The van der Waals surface area contributed by atoms with E-state index in [4.69, 9.17) is 9.47 Å². The van der Waals surface area contributed by atoms with Crippen LogP contribution in [0, 0.1) is 0 Å². The lowest BCUT2D eigenvalue weighted by Gasteiger charge is -2.18. The molecule has 1 N–H and O–H groups in total. The molecule has 3 nitrogen and oxygen atoms in total.